The summed E-state index contributed by atoms with van der Waals surface area (Å²) in [6, 6.07) is 19.9. The van der Waals surface area contributed by atoms with Crippen LogP contribution in [0, 0.1) is 17.3 Å². The van der Waals surface area contributed by atoms with Crippen LogP contribution in [-0.2, 0) is 4.79 Å². The van der Waals surface area contributed by atoms with Gasteiger partial charge in [0.05, 0.1) is 12.6 Å². The Balaban J connectivity index is 0.00000210. The maximum absolute atomic E-state index is 13.6. The molecule has 2 aromatic carbocycles. The van der Waals surface area contributed by atoms with E-state index in [1.807, 2.05) is 0 Å². The molecule has 1 N–H and O–H groups in total. The molecule has 3 aliphatic rings. The number of nitrogens with zero attached hydrogens (tertiary/aromatic N) is 2. The van der Waals surface area contributed by atoms with Crippen molar-refractivity contribution in [3.05, 3.63) is 65.7 Å². The number of amides is 1. The van der Waals surface area contributed by atoms with Crippen LogP contribution in [0.3, 0.4) is 0 Å². The first-order chi connectivity index (χ1) is 17.9. The van der Waals surface area contributed by atoms with Crippen molar-refractivity contribution in [3.63, 3.8) is 0 Å². The van der Waals surface area contributed by atoms with Crippen LogP contribution >= 0.6 is 24.8 Å². The average molecular weight is 577 g/mol. The van der Waals surface area contributed by atoms with E-state index in [4.69, 9.17) is 4.74 Å². The normalized spacial score (nSPS) is 21.4. The summed E-state index contributed by atoms with van der Waals surface area (Å²) in [7, 11) is 0. The molecule has 3 fully saturated rings. The zero-order chi connectivity index (χ0) is 25.8. The van der Waals surface area contributed by atoms with Crippen LogP contribution in [0.2, 0.25) is 0 Å². The second-order valence-corrected chi connectivity index (χ2v) is 12.5. The van der Waals surface area contributed by atoms with Gasteiger partial charge < -0.3 is 15.0 Å². The van der Waals surface area contributed by atoms with Gasteiger partial charge in [-0.05, 0) is 79.3 Å². The zero-order valence-electron chi connectivity index (χ0n) is 23.8. The lowest BCUT2D eigenvalue weighted by Crippen LogP contribution is -2.60. The summed E-state index contributed by atoms with van der Waals surface area (Å²) in [6.45, 7) is 12.3. The topological polar surface area (TPSA) is 44.8 Å². The number of rotatable bonds is 8. The molecule has 2 saturated heterocycles. The number of halogens is 2. The van der Waals surface area contributed by atoms with Gasteiger partial charge in [-0.3, -0.25) is 9.69 Å². The van der Waals surface area contributed by atoms with Gasteiger partial charge in [0, 0.05) is 32.1 Å². The molecule has 0 bridgehead atoms. The minimum Gasteiger partial charge on any atom is -0.493 e. The van der Waals surface area contributed by atoms with E-state index in [2.05, 4.69) is 90.5 Å². The predicted molar refractivity (Wildman–Crippen MR) is 164 cm³/mol. The number of hydrogen-bond acceptors (Lipinski definition) is 4. The molecule has 1 unspecified atom stereocenters. The predicted octanol–water partition coefficient (Wildman–Crippen LogP) is 6.36. The lowest BCUT2D eigenvalue weighted by molar-refractivity contribution is -0.141. The van der Waals surface area contributed by atoms with Crippen LogP contribution in [0.15, 0.2) is 54.6 Å². The Bertz CT molecular complexity index is 1020. The Morgan fingerprint density at radius 3 is 2.15 bits per heavy atom. The lowest BCUT2D eigenvalue weighted by atomic mass is 9.82. The minimum absolute atomic E-state index is 0. The highest BCUT2D eigenvalue weighted by Crippen LogP contribution is 2.36. The summed E-state index contributed by atoms with van der Waals surface area (Å²) >= 11 is 0. The van der Waals surface area contributed by atoms with Gasteiger partial charge in [-0.2, -0.15) is 0 Å². The highest BCUT2D eigenvalue weighted by Gasteiger charge is 2.40. The van der Waals surface area contributed by atoms with Crippen molar-refractivity contribution in [1.82, 2.24) is 15.1 Å². The number of hydrogen-bond donors (Lipinski definition) is 1. The third kappa shape index (κ3) is 8.36. The van der Waals surface area contributed by atoms with Crippen LogP contribution in [0.25, 0.3) is 0 Å². The first kappa shape index (κ1) is 31.7. The van der Waals surface area contributed by atoms with E-state index < -0.39 is 0 Å². The Labute approximate surface area is 247 Å². The molecule has 0 aromatic heterocycles. The smallest absolute Gasteiger partial charge is 0.223 e. The van der Waals surface area contributed by atoms with Crippen LogP contribution in [-0.4, -0.2) is 61.1 Å². The standard InChI is InChI=1S/C32H45N3O2.2ClH/c1-32(2,3)29-22-34(19-20-35(29)30(36)21-24-15-17-33-18-16-24)31(26-7-5-4-6-8-26)27-11-13-28(14-12-27)37-23-25-9-10-25;;/h4-8,11-14,24-25,29,31,33H,9-10,15-23H2,1-3H3;2*1H/t29-,31?;;/m1../s1. The molecular weight excluding hydrogens is 529 g/mol. The van der Waals surface area contributed by atoms with Gasteiger partial charge in [-0.15, -0.1) is 24.8 Å². The third-order valence-electron chi connectivity index (χ3n) is 8.51. The number of piperazine rings is 1. The van der Waals surface area contributed by atoms with Crippen molar-refractivity contribution in [2.24, 2.45) is 17.3 Å². The van der Waals surface area contributed by atoms with E-state index >= 15 is 0 Å². The fourth-order valence-corrected chi connectivity index (χ4v) is 6.02. The maximum Gasteiger partial charge on any atom is 0.223 e. The van der Waals surface area contributed by atoms with Crippen LogP contribution < -0.4 is 10.1 Å². The molecule has 1 amide bonds. The van der Waals surface area contributed by atoms with E-state index in [-0.39, 0.29) is 42.3 Å². The van der Waals surface area contributed by atoms with Gasteiger partial charge in [-0.25, -0.2) is 0 Å². The second-order valence-electron chi connectivity index (χ2n) is 12.5. The maximum atomic E-state index is 13.6. The molecule has 5 nitrogen and oxygen atoms in total. The number of carbonyl (C=O) groups is 1. The van der Waals surface area contributed by atoms with E-state index in [9.17, 15) is 4.79 Å². The number of piperidine rings is 1. The fraction of sp³-hybridized carbons (Fsp3) is 0.594. The van der Waals surface area contributed by atoms with Gasteiger partial charge in [0.2, 0.25) is 5.91 Å². The summed E-state index contributed by atoms with van der Waals surface area (Å²) < 4.78 is 6.02. The summed E-state index contributed by atoms with van der Waals surface area (Å²) in [5.41, 5.74) is 2.59. The largest absolute Gasteiger partial charge is 0.493 e. The van der Waals surface area contributed by atoms with E-state index in [0.29, 0.717) is 18.2 Å². The molecular formula is C32H47Cl2N3O2. The molecule has 2 aliphatic heterocycles. The average Bonchev–Trinajstić information content (AvgIpc) is 3.74. The number of benzene rings is 2. The molecule has 0 radical (unpaired) electrons. The molecule has 2 heterocycles. The van der Waals surface area contributed by atoms with Gasteiger partial charge >= 0.3 is 0 Å². The molecule has 2 aromatic rings. The highest BCUT2D eigenvalue weighted by molar-refractivity contribution is 5.85. The zero-order valence-corrected chi connectivity index (χ0v) is 25.4. The van der Waals surface area contributed by atoms with Crippen molar-refractivity contribution >= 4 is 30.7 Å². The summed E-state index contributed by atoms with van der Waals surface area (Å²) in [5, 5.41) is 3.43. The Kier molecular flexibility index (Phi) is 11.6. The van der Waals surface area contributed by atoms with Crippen molar-refractivity contribution in [2.45, 2.75) is 65.0 Å². The number of ether oxygens (including phenoxy) is 1. The van der Waals surface area contributed by atoms with Crippen LogP contribution in [0.1, 0.15) is 70.0 Å². The van der Waals surface area contributed by atoms with E-state index in [1.165, 1.54) is 24.0 Å². The van der Waals surface area contributed by atoms with Gasteiger partial charge in [0.1, 0.15) is 5.75 Å². The van der Waals surface area contributed by atoms with E-state index in [1.54, 1.807) is 0 Å². The summed E-state index contributed by atoms with van der Waals surface area (Å²) in [5.74, 6) is 2.58. The lowest BCUT2D eigenvalue weighted by Gasteiger charge is -2.49. The molecule has 2 atom stereocenters. The molecule has 7 heteroatoms. The van der Waals surface area contributed by atoms with E-state index in [0.717, 1.165) is 63.8 Å². The second kappa shape index (κ2) is 14.2. The first-order valence-corrected chi connectivity index (χ1v) is 14.4. The SMILES string of the molecule is CC(C)(C)[C@H]1CN(C(c2ccccc2)c2ccc(OCC3CC3)cc2)CCN1C(=O)CC1CCNCC1.Cl.Cl. The van der Waals surface area contributed by atoms with Gasteiger partial charge in [-0.1, -0.05) is 63.2 Å². The minimum atomic E-state index is 0. The number of carbonyl (C=O) groups excluding carboxylic acids is 1. The molecule has 1 saturated carbocycles. The molecule has 216 valence electrons. The highest BCUT2D eigenvalue weighted by atomic mass is 35.5. The van der Waals surface area contributed by atoms with Crippen LogP contribution in [0.5, 0.6) is 5.75 Å². The summed E-state index contributed by atoms with van der Waals surface area (Å²) in [4.78, 5) is 18.4. The van der Waals surface area contributed by atoms with Gasteiger partial charge in [0.25, 0.3) is 0 Å². The van der Waals surface area contributed by atoms with Gasteiger partial charge in [0.15, 0.2) is 0 Å². The Morgan fingerprint density at radius 2 is 1.54 bits per heavy atom. The molecule has 39 heavy (non-hydrogen) atoms. The quantitative estimate of drug-likeness (QED) is 0.398. The Hall–Kier alpha value is -1.79. The third-order valence-corrected chi connectivity index (χ3v) is 8.51. The van der Waals surface area contributed by atoms with Crippen molar-refractivity contribution in [2.75, 3.05) is 39.3 Å². The summed E-state index contributed by atoms with van der Waals surface area (Å²) in [6.07, 6.45) is 5.52. The van der Waals surface area contributed by atoms with Crippen molar-refractivity contribution < 1.29 is 9.53 Å². The molecule has 0 spiro atoms. The van der Waals surface area contributed by atoms with Crippen molar-refractivity contribution in [3.8, 4) is 5.75 Å². The first-order valence-electron chi connectivity index (χ1n) is 14.4. The van der Waals surface area contributed by atoms with Crippen LogP contribution in [0.4, 0.5) is 0 Å². The Morgan fingerprint density at radius 1 is 0.897 bits per heavy atom. The monoisotopic (exact) mass is 575 g/mol. The number of nitrogens with one attached hydrogen (secondary N) is 1. The fourth-order valence-electron chi connectivity index (χ4n) is 6.02. The van der Waals surface area contributed by atoms with Crippen molar-refractivity contribution in [1.29, 1.82) is 0 Å². The molecule has 5 rings (SSSR count). The molecule has 1 aliphatic carbocycles.